The first kappa shape index (κ1) is 15.3. The van der Waals surface area contributed by atoms with Crippen LogP contribution in [0.2, 0.25) is 5.02 Å². The quantitative estimate of drug-likeness (QED) is 0.745. The minimum absolute atomic E-state index is 0.0645. The maximum atomic E-state index is 13.7. The molecule has 1 aromatic heterocycles. The first-order valence-electron chi connectivity index (χ1n) is 6.95. The van der Waals surface area contributed by atoms with Crippen LogP contribution in [0.4, 0.5) is 4.39 Å². The minimum Gasteiger partial charge on any atom is -0.508 e. The summed E-state index contributed by atoms with van der Waals surface area (Å²) in [6.45, 7) is 0.0645. The molecule has 0 saturated heterocycles. The van der Waals surface area contributed by atoms with Gasteiger partial charge in [0.25, 0.3) is 0 Å². The standard InChI is InChI=1S/C18H13ClFNO2/c19-14-7-4-13(16(20)10-14)11-23-18-3-1-2-17(21-18)12-5-8-15(22)9-6-12/h1-10,22H,11H2. The topological polar surface area (TPSA) is 42.4 Å². The zero-order chi connectivity index (χ0) is 16.2. The monoisotopic (exact) mass is 329 g/mol. The van der Waals surface area contributed by atoms with E-state index in [0.717, 1.165) is 5.56 Å². The van der Waals surface area contributed by atoms with Crippen LogP contribution in [0, 0.1) is 5.82 Å². The molecule has 1 heterocycles. The fourth-order valence-corrected chi connectivity index (χ4v) is 2.24. The third-order valence-electron chi connectivity index (χ3n) is 3.28. The Balaban J connectivity index is 1.76. The van der Waals surface area contributed by atoms with Crippen LogP contribution in [0.1, 0.15) is 5.56 Å². The van der Waals surface area contributed by atoms with Crippen LogP contribution < -0.4 is 4.74 Å². The van der Waals surface area contributed by atoms with E-state index in [1.807, 2.05) is 12.1 Å². The smallest absolute Gasteiger partial charge is 0.214 e. The van der Waals surface area contributed by atoms with Crippen LogP contribution >= 0.6 is 11.6 Å². The van der Waals surface area contributed by atoms with Gasteiger partial charge in [0.2, 0.25) is 5.88 Å². The number of hydrogen-bond donors (Lipinski definition) is 1. The van der Waals surface area contributed by atoms with Crippen molar-refractivity contribution in [2.24, 2.45) is 0 Å². The molecule has 0 radical (unpaired) electrons. The van der Waals surface area contributed by atoms with Gasteiger partial charge >= 0.3 is 0 Å². The van der Waals surface area contributed by atoms with E-state index in [-0.39, 0.29) is 12.4 Å². The molecule has 0 aliphatic heterocycles. The number of halogens is 2. The summed E-state index contributed by atoms with van der Waals surface area (Å²) in [6.07, 6.45) is 0. The van der Waals surface area contributed by atoms with Gasteiger partial charge in [0.1, 0.15) is 18.2 Å². The van der Waals surface area contributed by atoms with E-state index in [2.05, 4.69) is 4.98 Å². The van der Waals surface area contributed by atoms with E-state index in [0.29, 0.717) is 22.2 Å². The predicted octanol–water partition coefficient (Wildman–Crippen LogP) is 4.83. The zero-order valence-corrected chi connectivity index (χ0v) is 12.8. The van der Waals surface area contributed by atoms with Crippen LogP contribution in [0.25, 0.3) is 11.3 Å². The van der Waals surface area contributed by atoms with Crippen LogP contribution in [0.5, 0.6) is 11.6 Å². The molecule has 0 aliphatic rings. The lowest BCUT2D eigenvalue weighted by molar-refractivity contribution is 0.288. The third kappa shape index (κ3) is 3.79. The molecule has 0 bridgehead atoms. The van der Waals surface area contributed by atoms with Gasteiger partial charge in [0.15, 0.2) is 0 Å². The Kier molecular flexibility index (Phi) is 4.44. The van der Waals surface area contributed by atoms with E-state index in [4.69, 9.17) is 16.3 Å². The van der Waals surface area contributed by atoms with Crippen molar-refractivity contribution < 1.29 is 14.2 Å². The SMILES string of the molecule is Oc1ccc(-c2cccc(OCc3ccc(Cl)cc3F)n2)cc1. The van der Waals surface area contributed by atoms with Crippen molar-refractivity contribution in [1.29, 1.82) is 0 Å². The second kappa shape index (κ2) is 6.67. The van der Waals surface area contributed by atoms with Crippen molar-refractivity contribution in [1.82, 2.24) is 4.98 Å². The number of ether oxygens (including phenoxy) is 1. The first-order valence-corrected chi connectivity index (χ1v) is 7.33. The molecule has 116 valence electrons. The Labute approximate surface area is 138 Å². The lowest BCUT2D eigenvalue weighted by Crippen LogP contribution is -2.00. The fourth-order valence-electron chi connectivity index (χ4n) is 2.08. The minimum atomic E-state index is -0.410. The molecule has 0 amide bonds. The molecule has 5 heteroatoms. The van der Waals surface area contributed by atoms with Gasteiger partial charge in [-0.1, -0.05) is 23.7 Å². The number of phenolic OH excluding ortho intramolecular Hbond substituents is 1. The van der Waals surface area contributed by atoms with Crippen molar-refractivity contribution in [3.05, 3.63) is 77.1 Å². The molecule has 0 spiro atoms. The Morgan fingerprint density at radius 3 is 2.57 bits per heavy atom. The number of nitrogens with zero attached hydrogens (tertiary/aromatic N) is 1. The molecular formula is C18H13ClFNO2. The van der Waals surface area contributed by atoms with Crippen molar-refractivity contribution in [3.63, 3.8) is 0 Å². The molecule has 3 nitrogen and oxygen atoms in total. The van der Waals surface area contributed by atoms with Crippen LogP contribution in [-0.4, -0.2) is 10.1 Å². The van der Waals surface area contributed by atoms with E-state index >= 15 is 0 Å². The van der Waals surface area contributed by atoms with Crippen molar-refractivity contribution in [2.75, 3.05) is 0 Å². The fraction of sp³-hybridized carbons (Fsp3) is 0.0556. The molecule has 0 aliphatic carbocycles. The highest BCUT2D eigenvalue weighted by Gasteiger charge is 2.06. The number of benzene rings is 2. The lowest BCUT2D eigenvalue weighted by atomic mass is 10.1. The summed E-state index contributed by atoms with van der Waals surface area (Å²) in [5, 5.41) is 9.67. The van der Waals surface area contributed by atoms with Gasteiger partial charge in [-0.3, -0.25) is 0 Å². The van der Waals surface area contributed by atoms with Gasteiger partial charge in [0, 0.05) is 22.2 Å². The number of hydrogen-bond acceptors (Lipinski definition) is 3. The van der Waals surface area contributed by atoms with E-state index in [1.165, 1.54) is 6.07 Å². The average Bonchev–Trinajstić information content (AvgIpc) is 2.55. The Hall–Kier alpha value is -2.59. The van der Waals surface area contributed by atoms with Crippen LogP contribution in [-0.2, 0) is 6.61 Å². The molecule has 3 rings (SSSR count). The maximum absolute atomic E-state index is 13.7. The number of phenols is 1. The third-order valence-corrected chi connectivity index (χ3v) is 3.51. The molecule has 3 aromatic rings. The maximum Gasteiger partial charge on any atom is 0.214 e. The van der Waals surface area contributed by atoms with Gasteiger partial charge < -0.3 is 9.84 Å². The molecule has 0 unspecified atom stereocenters. The number of pyridine rings is 1. The second-order valence-electron chi connectivity index (χ2n) is 4.93. The number of aromatic nitrogens is 1. The van der Waals surface area contributed by atoms with E-state index < -0.39 is 5.82 Å². The number of rotatable bonds is 4. The van der Waals surface area contributed by atoms with Crippen LogP contribution in [0.15, 0.2) is 60.7 Å². The van der Waals surface area contributed by atoms with Gasteiger partial charge in [-0.05, 0) is 42.5 Å². The summed E-state index contributed by atoms with van der Waals surface area (Å²) in [7, 11) is 0. The molecule has 0 saturated carbocycles. The zero-order valence-electron chi connectivity index (χ0n) is 12.0. The van der Waals surface area contributed by atoms with Gasteiger partial charge in [0.05, 0.1) is 5.69 Å². The van der Waals surface area contributed by atoms with Crippen LogP contribution in [0.3, 0.4) is 0 Å². The molecule has 0 fully saturated rings. The largest absolute Gasteiger partial charge is 0.508 e. The lowest BCUT2D eigenvalue weighted by Gasteiger charge is -2.08. The summed E-state index contributed by atoms with van der Waals surface area (Å²) >= 11 is 5.72. The van der Waals surface area contributed by atoms with E-state index in [9.17, 15) is 9.50 Å². The Bertz CT molecular complexity index is 822. The molecule has 23 heavy (non-hydrogen) atoms. The molecule has 2 aromatic carbocycles. The molecule has 0 atom stereocenters. The highest BCUT2D eigenvalue weighted by atomic mass is 35.5. The average molecular weight is 330 g/mol. The van der Waals surface area contributed by atoms with Crippen molar-refractivity contribution in [3.8, 4) is 22.9 Å². The second-order valence-corrected chi connectivity index (χ2v) is 5.37. The highest BCUT2D eigenvalue weighted by molar-refractivity contribution is 6.30. The predicted molar refractivity (Wildman–Crippen MR) is 87.1 cm³/mol. The summed E-state index contributed by atoms with van der Waals surface area (Å²) in [6, 6.07) is 16.5. The number of aromatic hydroxyl groups is 1. The first-order chi connectivity index (χ1) is 11.1. The summed E-state index contributed by atoms with van der Waals surface area (Å²) < 4.78 is 19.3. The molecule has 1 N–H and O–H groups in total. The summed E-state index contributed by atoms with van der Waals surface area (Å²) in [5.41, 5.74) is 1.97. The highest BCUT2D eigenvalue weighted by Crippen LogP contribution is 2.23. The summed E-state index contributed by atoms with van der Waals surface area (Å²) in [4.78, 5) is 4.38. The normalized spacial score (nSPS) is 10.5. The Morgan fingerprint density at radius 2 is 1.83 bits per heavy atom. The molecular weight excluding hydrogens is 317 g/mol. The van der Waals surface area contributed by atoms with E-state index in [1.54, 1.807) is 42.5 Å². The van der Waals surface area contributed by atoms with Gasteiger partial charge in [-0.2, -0.15) is 0 Å². The summed E-state index contributed by atoms with van der Waals surface area (Å²) in [5.74, 6) is 0.177. The van der Waals surface area contributed by atoms with Gasteiger partial charge in [-0.15, -0.1) is 0 Å². The Morgan fingerprint density at radius 1 is 1.04 bits per heavy atom. The van der Waals surface area contributed by atoms with Crippen molar-refractivity contribution in [2.45, 2.75) is 6.61 Å². The van der Waals surface area contributed by atoms with Crippen molar-refractivity contribution >= 4 is 11.6 Å². The van der Waals surface area contributed by atoms with Gasteiger partial charge in [-0.25, -0.2) is 9.37 Å².